The fraction of sp³-hybridized carbons (Fsp3) is 0.833. The summed E-state index contributed by atoms with van der Waals surface area (Å²) in [6.45, 7) is 5.60. The highest BCUT2D eigenvalue weighted by Gasteiger charge is 2.17. The van der Waals surface area contributed by atoms with Gasteiger partial charge in [-0.2, -0.15) is 0 Å². The highest BCUT2D eigenvalue weighted by molar-refractivity contribution is 7.91. The second-order valence-electron chi connectivity index (χ2n) is 4.75. The molecule has 0 aliphatic heterocycles. The highest BCUT2D eigenvalue weighted by Crippen LogP contribution is 2.02. The number of amides is 2. The van der Waals surface area contributed by atoms with Crippen LogP contribution in [0.15, 0.2) is 0 Å². The Kier molecular flexibility index (Phi) is 8.21. The van der Waals surface area contributed by atoms with Gasteiger partial charge in [0.15, 0.2) is 9.84 Å². The summed E-state index contributed by atoms with van der Waals surface area (Å²) in [5.74, 6) is -0.936. The number of nitrogens with one attached hydrogen (secondary N) is 1. The molecule has 0 saturated carbocycles. The van der Waals surface area contributed by atoms with Crippen molar-refractivity contribution in [3.63, 3.8) is 0 Å². The van der Waals surface area contributed by atoms with Gasteiger partial charge in [0.05, 0.1) is 5.75 Å². The lowest BCUT2D eigenvalue weighted by atomic mass is 10.2. The largest absolute Gasteiger partial charge is 0.481 e. The van der Waals surface area contributed by atoms with E-state index in [0.717, 1.165) is 0 Å². The van der Waals surface area contributed by atoms with Gasteiger partial charge in [-0.15, -0.1) is 0 Å². The van der Waals surface area contributed by atoms with E-state index in [1.54, 1.807) is 6.92 Å². The average Bonchev–Trinajstić information content (AvgIpc) is 2.33. The molecule has 0 unspecified atom stereocenters. The van der Waals surface area contributed by atoms with Crippen molar-refractivity contribution in [3.8, 4) is 0 Å². The maximum Gasteiger partial charge on any atom is 0.317 e. The summed E-state index contributed by atoms with van der Waals surface area (Å²) in [6, 6.07) is -0.441. The zero-order chi connectivity index (χ0) is 15.8. The van der Waals surface area contributed by atoms with Crippen LogP contribution in [0, 0.1) is 0 Å². The molecule has 0 radical (unpaired) electrons. The molecule has 20 heavy (non-hydrogen) atoms. The fourth-order valence-electron chi connectivity index (χ4n) is 1.55. The number of carboxylic acids is 1. The third-order valence-corrected chi connectivity index (χ3v) is 4.51. The number of hydrogen-bond donors (Lipinski definition) is 2. The monoisotopic (exact) mass is 308 g/mol. The van der Waals surface area contributed by atoms with Crippen molar-refractivity contribution in [1.29, 1.82) is 0 Å². The second kappa shape index (κ2) is 8.78. The van der Waals surface area contributed by atoms with Crippen molar-refractivity contribution in [3.05, 3.63) is 0 Å². The Morgan fingerprint density at radius 1 is 1.30 bits per heavy atom. The molecular weight excluding hydrogens is 284 g/mol. The first-order valence-electron chi connectivity index (χ1n) is 6.66. The van der Waals surface area contributed by atoms with E-state index in [4.69, 9.17) is 5.11 Å². The van der Waals surface area contributed by atoms with Crippen molar-refractivity contribution in [2.24, 2.45) is 0 Å². The third kappa shape index (κ3) is 7.98. The molecular formula is C12H24N2O5S. The zero-order valence-corrected chi connectivity index (χ0v) is 13.1. The molecule has 2 N–H and O–H groups in total. The van der Waals surface area contributed by atoms with Gasteiger partial charge in [-0.25, -0.2) is 13.2 Å². The van der Waals surface area contributed by atoms with Gasteiger partial charge in [0, 0.05) is 31.3 Å². The van der Waals surface area contributed by atoms with Crippen molar-refractivity contribution < 1.29 is 23.1 Å². The van der Waals surface area contributed by atoms with E-state index < -0.39 is 15.8 Å². The lowest BCUT2D eigenvalue weighted by Crippen LogP contribution is -2.45. The Morgan fingerprint density at radius 3 is 2.35 bits per heavy atom. The van der Waals surface area contributed by atoms with E-state index in [-0.39, 0.29) is 36.5 Å². The first-order chi connectivity index (χ1) is 9.19. The molecule has 0 saturated heterocycles. The number of hydrogen-bond acceptors (Lipinski definition) is 4. The summed E-state index contributed by atoms with van der Waals surface area (Å²) >= 11 is 0. The normalized spacial score (nSPS) is 11.4. The Morgan fingerprint density at radius 2 is 1.90 bits per heavy atom. The minimum absolute atomic E-state index is 0.000708. The van der Waals surface area contributed by atoms with Crippen molar-refractivity contribution >= 4 is 21.8 Å². The van der Waals surface area contributed by atoms with E-state index in [1.165, 1.54) is 4.90 Å². The molecule has 118 valence electrons. The quantitative estimate of drug-likeness (QED) is 0.652. The number of urea groups is 1. The number of rotatable bonds is 9. The molecule has 0 spiro atoms. The van der Waals surface area contributed by atoms with Gasteiger partial charge in [0.25, 0.3) is 0 Å². The first-order valence-corrected chi connectivity index (χ1v) is 8.48. The second-order valence-corrected chi connectivity index (χ2v) is 7.23. The van der Waals surface area contributed by atoms with E-state index in [2.05, 4.69) is 5.32 Å². The highest BCUT2D eigenvalue weighted by atomic mass is 32.2. The molecule has 0 bridgehead atoms. The third-order valence-electron chi connectivity index (χ3n) is 2.80. The van der Waals surface area contributed by atoms with Crippen molar-refractivity contribution in [2.45, 2.75) is 39.7 Å². The maximum absolute atomic E-state index is 11.9. The van der Waals surface area contributed by atoms with Crippen LogP contribution < -0.4 is 5.32 Å². The maximum atomic E-state index is 11.9. The van der Waals surface area contributed by atoms with Crippen LogP contribution in [0.5, 0.6) is 0 Å². The summed E-state index contributed by atoms with van der Waals surface area (Å²) in [6.07, 6.45) is 0.370. The smallest absolute Gasteiger partial charge is 0.317 e. The lowest BCUT2D eigenvalue weighted by molar-refractivity contribution is -0.137. The number of aliphatic carboxylic acids is 1. The van der Waals surface area contributed by atoms with Crippen LogP contribution in [0.25, 0.3) is 0 Å². The molecule has 0 aliphatic rings. The Bertz CT molecular complexity index is 420. The molecule has 0 aromatic rings. The predicted octanol–water partition coefficient (Wildman–Crippen LogP) is 0.706. The van der Waals surface area contributed by atoms with Crippen LogP contribution >= 0.6 is 0 Å². The van der Waals surface area contributed by atoms with Gasteiger partial charge in [-0.1, -0.05) is 6.92 Å². The van der Waals surface area contributed by atoms with Gasteiger partial charge in [-0.05, 0) is 20.3 Å². The van der Waals surface area contributed by atoms with Crippen LogP contribution in [0.2, 0.25) is 0 Å². The topological polar surface area (TPSA) is 104 Å². The van der Waals surface area contributed by atoms with E-state index >= 15 is 0 Å². The Hall–Kier alpha value is -1.31. The standard InChI is InChI=1S/C12H24N2O5S/c1-4-20(18,19)9-7-13-12(17)14(10(2)3)8-5-6-11(15)16/h10H,4-9H2,1-3H3,(H,13,17)(H,15,16). The van der Waals surface area contributed by atoms with Gasteiger partial charge >= 0.3 is 12.0 Å². The molecule has 7 nitrogen and oxygen atoms in total. The molecule has 0 atom stereocenters. The number of carbonyl (C=O) groups excluding carboxylic acids is 1. The Balaban J connectivity index is 4.26. The van der Waals surface area contributed by atoms with E-state index in [0.29, 0.717) is 13.0 Å². The molecule has 0 heterocycles. The van der Waals surface area contributed by atoms with Gasteiger partial charge in [0.2, 0.25) is 0 Å². The van der Waals surface area contributed by atoms with Crippen LogP contribution in [0.3, 0.4) is 0 Å². The molecule has 8 heteroatoms. The molecule has 0 aromatic carbocycles. The number of carbonyl (C=O) groups is 2. The summed E-state index contributed by atoms with van der Waals surface area (Å²) < 4.78 is 22.6. The SMILES string of the molecule is CCS(=O)(=O)CCNC(=O)N(CCCC(=O)O)C(C)C. The predicted molar refractivity (Wildman–Crippen MR) is 76.4 cm³/mol. The Labute approximate surface area is 120 Å². The molecule has 2 amide bonds. The van der Waals surface area contributed by atoms with Gasteiger partial charge < -0.3 is 15.3 Å². The van der Waals surface area contributed by atoms with E-state index in [9.17, 15) is 18.0 Å². The number of carboxylic acid groups (broad SMARTS) is 1. The lowest BCUT2D eigenvalue weighted by Gasteiger charge is -2.26. The minimum Gasteiger partial charge on any atom is -0.481 e. The summed E-state index contributed by atoms with van der Waals surface area (Å²) in [4.78, 5) is 23.9. The number of nitrogens with zero attached hydrogens (tertiary/aromatic N) is 1. The van der Waals surface area contributed by atoms with Crippen LogP contribution in [0.4, 0.5) is 4.79 Å². The van der Waals surface area contributed by atoms with Crippen LogP contribution in [0.1, 0.15) is 33.6 Å². The first kappa shape index (κ1) is 18.7. The van der Waals surface area contributed by atoms with Crippen molar-refractivity contribution in [1.82, 2.24) is 10.2 Å². The van der Waals surface area contributed by atoms with E-state index in [1.807, 2.05) is 13.8 Å². The summed E-state index contributed by atoms with van der Waals surface area (Å²) in [5.41, 5.74) is 0. The molecule has 0 aliphatic carbocycles. The average molecular weight is 308 g/mol. The minimum atomic E-state index is -3.10. The number of sulfone groups is 1. The zero-order valence-electron chi connectivity index (χ0n) is 12.3. The fourth-order valence-corrected chi connectivity index (χ4v) is 2.26. The van der Waals surface area contributed by atoms with Crippen molar-refractivity contribution in [2.75, 3.05) is 24.6 Å². The van der Waals surface area contributed by atoms with Gasteiger partial charge in [-0.3, -0.25) is 4.79 Å². The van der Waals surface area contributed by atoms with Crippen LogP contribution in [-0.4, -0.2) is 61.1 Å². The summed E-state index contributed by atoms with van der Waals surface area (Å²) in [5, 5.41) is 11.1. The van der Waals surface area contributed by atoms with Crippen LogP contribution in [-0.2, 0) is 14.6 Å². The molecule has 0 fully saturated rings. The molecule has 0 aromatic heterocycles. The van der Waals surface area contributed by atoms with Gasteiger partial charge in [0.1, 0.15) is 0 Å². The summed E-state index contributed by atoms with van der Waals surface area (Å²) in [7, 11) is -3.10. The molecule has 0 rings (SSSR count).